The fourth-order valence-corrected chi connectivity index (χ4v) is 2.70. The van der Waals surface area contributed by atoms with Crippen LogP contribution in [0.1, 0.15) is 29.7 Å². The Morgan fingerprint density at radius 3 is 2.46 bits per heavy atom. The summed E-state index contributed by atoms with van der Waals surface area (Å²) in [7, 11) is 4.66. The highest BCUT2D eigenvalue weighted by atomic mass is 19.4. The molecule has 1 N–H and O–H groups in total. The second-order valence-electron chi connectivity index (χ2n) is 6.33. The molecule has 0 saturated carbocycles. The standard InChI is InChI=1S/C20H23F3N2O3/c1-13(14-6-5-7-16(10-14)20(21,22)23)24-19(26)25(2)12-15-11-17(27-3)8-9-18(15)28-4/h5-11,13H,12H2,1-4H3,(H,24,26). The van der Waals surface area contributed by atoms with Crippen LogP contribution in [0.5, 0.6) is 11.5 Å². The highest BCUT2D eigenvalue weighted by molar-refractivity contribution is 5.74. The minimum Gasteiger partial charge on any atom is -0.497 e. The average Bonchev–Trinajstić information content (AvgIpc) is 2.67. The summed E-state index contributed by atoms with van der Waals surface area (Å²) in [6.45, 7) is 1.87. The largest absolute Gasteiger partial charge is 0.497 e. The third kappa shape index (κ3) is 5.31. The van der Waals surface area contributed by atoms with Gasteiger partial charge in [0.2, 0.25) is 0 Å². The van der Waals surface area contributed by atoms with E-state index in [2.05, 4.69) is 5.32 Å². The molecule has 152 valence electrons. The molecule has 0 saturated heterocycles. The molecule has 0 spiro atoms. The Balaban J connectivity index is 2.08. The van der Waals surface area contributed by atoms with Crippen LogP contribution in [0.3, 0.4) is 0 Å². The summed E-state index contributed by atoms with van der Waals surface area (Å²) in [6.07, 6.45) is -4.43. The number of nitrogens with one attached hydrogen (secondary N) is 1. The second kappa shape index (κ2) is 8.86. The van der Waals surface area contributed by atoms with Crippen molar-refractivity contribution in [1.29, 1.82) is 0 Å². The van der Waals surface area contributed by atoms with E-state index in [-0.39, 0.29) is 6.54 Å². The van der Waals surface area contributed by atoms with Crippen LogP contribution in [-0.4, -0.2) is 32.2 Å². The Labute approximate surface area is 162 Å². The van der Waals surface area contributed by atoms with Gasteiger partial charge in [-0.3, -0.25) is 0 Å². The summed E-state index contributed by atoms with van der Waals surface area (Å²) in [5, 5.41) is 2.71. The van der Waals surface area contributed by atoms with E-state index in [4.69, 9.17) is 9.47 Å². The number of urea groups is 1. The van der Waals surface area contributed by atoms with E-state index in [0.29, 0.717) is 17.1 Å². The van der Waals surface area contributed by atoms with Crippen LogP contribution in [-0.2, 0) is 12.7 Å². The minimum absolute atomic E-state index is 0.238. The van der Waals surface area contributed by atoms with Gasteiger partial charge in [-0.2, -0.15) is 13.2 Å². The molecule has 2 rings (SSSR count). The summed E-state index contributed by atoms with van der Waals surface area (Å²) in [5.74, 6) is 1.23. The van der Waals surface area contributed by atoms with Crippen molar-refractivity contribution in [3.05, 3.63) is 59.2 Å². The van der Waals surface area contributed by atoms with Gasteiger partial charge in [0.1, 0.15) is 11.5 Å². The zero-order valence-electron chi connectivity index (χ0n) is 16.1. The number of amides is 2. The number of methoxy groups -OCH3 is 2. The van der Waals surface area contributed by atoms with Crippen molar-refractivity contribution in [2.24, 2.45) is 0 Å². The Kier molecular flexibility index (Phi) is 6.77. The van der Waals surface area contributed by atoms with Crippen LogP contribution in [0.25, 0.3) is 0 Å². The van der Waals surface area contributed by atoms with E-state index in [1.54, 1.807) is 45.3 Å². The van der Waals surface area contributed by atoms with Crippen LogP contribution in [0, 0.1) is 0 Å². The lowest BCUT2D eigenvalue weighted by atomic mass is 10.1. The minimum atomic E-state index is -4.43. The van der Waals surface area contributed by atoms with Crippen molar-refractivity contribution < 1.29 is 27.4 Å². The molecule has 2 aromatic carbocycles. The first-order valence-corrected chi connectivity index (χ1v) is 8.55. The summed E-state index contributed by atoms with van der Waals surface area (Å²) >= 11 is 0. The molecule has 28 heavy (non-hydrogen) atoms. The number of nitrogens with zero attached hydrogens (tertiary/aromatic N) is 1. The number of hydrogen-bond donors (Lipinski definition) is 1. The van der Waals surface area contributed by atoms with Gasteiger partial charge in [0.15, 0.2) is 0 Å². The molecule has 8 heteroatoms. The maximum atomic E-state index is 12.9. The molecule has 0 aliphatic rings. The lowest BCUT2D eigenvalue weighted by Crippen LogP contribution is -2.38. The molecule has 0 heterocycles. The van der Waals surface area contributed by atoms with Gasteiger partial charge in [0, 0.05) is 12.6 Å². The molecule has 0 radical (unpaired) electrons. The van der Waals surface area contributed by atoms with Crippen LogP contribution in [0.2, 0.25) is 0 Å². The fraction of sp³-hybridized carbons (Fsp3) is 0.350. The second-order valence-corrected chi connectivity index (χ2v) is 6.33. The molecule has 2 amide bonds. The van der Waals surface area contributed by atoms with Gasteiger partial charge in [0.25, 0.3) is 0 Å². The van der Waals surface area contributed by atoms with Crippen molar-refractivity contribution in [2.45, 2.75) is 25.7 Å². The molecule has 1 unspecified atom stereocenters. The molecular weight excluding hydrogens is 373 g/mol. The zero-order valence-corrected chi connectivity index (χ0v) is 16.1. The van der Waals surface area contributed by atoms with Crippen LogP contribution < -0.4 is 14.8 Å². The van der Waals surface area contributed by atoms with E-state index in [1.807, 2.05) is 0 Å². The van der Waals surface area contributed by atoms with Crippen molar-refractivity contribution in [3.8, 4) is 11.5 Å². The van der Waals surface area contributed by atoms with Gasteiger partial charge in [0.05, 0.1) is 32.4 Å². The number of carbonyl (C=O) groups excluding carboxylic acids is 1. The smallest absolute Gasteiger partial charge is 0.416 e. The van der Waals surface area contributed by atoms with E-state index < -0.39 is 23.8 Å². The molecular formula is C20H23F3N2O3. The lowest BCUT2D eigenvalue weighted by Gasteiger charge is -2.23. The van der Waals surface area contributed by atoms with Gasteiger partial charge in [-0.25, -0.2) is 4.79 Å². The molecule has 0 aliphatic heterocycles. The fourth-order valence-electron chi connectivity index (χ4n) is 2.70. The first-order valence-electron chi connectivity index (χ1n) is 8.55. The normalized spacial score (nSPS) is 12.2. The maximum absolute atomic E-state index is 12.9. The summed E-state index contributed by atoms with van der Waals surface area (Å²) in [5.41, 5.74) is 0.363. The SMILES string of the molecule is COc1ccc(OC)c(CN(C)C(=O)NC(C)c2cccc(C(F)(F)F)c2)c1. The molecule has 5 nitrogen and oxygen atoms in total. The summed E-state index contributed by atoms with van der Waals surface area (Å²) in [6, 6.07) is 9.15. The Morgan fingerprint density at radius 1 is 1.14 bits per heavy atom. The third-order valence-corrected chi connectivity index (χ3v) is 4.30. The van der Waals surface area contributed by atoms with Crippen LogP contribution >= 0.6 is 0 Å². The van der Waals surface area contributed by atoms with Crippen molar-refractivity contribution >= 4 is 6.03 Å². The maximum Gasteiger partial charge on any atom is 0.416 e. The van der Waals surface area contributed by atoms with Crippen LogP contribution in [0.4, 0.5) is 18.0 Å². The number of benzene rings is 2. The quantitative estimate of drug-likeness (QED) is 0.775. The lowest BCUT2D eigenvalue weighted by molar-refractivity contribution is -0.137. The Bertz CT molecular complexity index is 825. The number of rotatable bonds is 6. The average molecular weight is 396 g/mol. The Morgan fingerprint density at radius 2 is 1.86 bits per heavy atom. The first kappa shape index (κ1) is 21.4. The van der Waals surface area contributed by atoms with E-state index >= 15 is 0 Å². The monoisotopic (exact) mass is 396 g/mol. The number of halogens is 3. The van der Waals surface area contributed by atoms with Gasteiger partial charge >= 0.3 is 12.2 Å². The predicted molar refractivity (Wildman–Crippen MR) is 99.4 cm³/mol. The highest BCUT2D eigenvalue weighted by Crippen LogP contribution is 2.31. The molecule has 1 atom stereocenters. The van der Waals surface area contributed by atoms with Crippen molar-refractivity contribution in [2.75, 3.05) is 21.3 Å². The zero-order chi connectivity index (χ0) is 20.9. The number of hydrogen-bond acceptors (Lipinski definition) is 3. The van der Waals surface area contributed by atoms with E-state index in [0.717, 1.165) is 17.7 Å². The number of alkyl halides is 3. The molecule has 0 aliphatic carbocycles. The number of ether oxygens (including phenoxy) is 2. The van der Waals surface area contributed by atoms with E-state index in [1.165, 1.54) is 18.1 Å². The summed E-state index contributed by atoms with van der Waals surface area (Å²) in [4.78, 5) is 13.9. The predicted octanol–water partition coefficient (Wildman–Crippen LogP) is 4.63. The van der Waals surface area contributed by atoms with Gasteiger partial charge < -0.3 is 19.7 Å². The van der Waals surface area contributed by atoms with Crippen molar-refractivity contribution in [1.82, 2.24) is 10.2 Å². The third-order valence-electron chi connectivity index (χ3n) is 4.30. The number of carbonyl (C=O) groups is 1. The topological polar surface area (TPSA) is 50.8 Å². The first-order chi connectivity index (χ1) is 13.2. The molecule has 2 aromatic rings. The van der Waals surface area contributed by atoms with Crippen molar-refractivity contribution in [3.63, 3.8) is 0 Å². The van der Waals surface area contributed by atoms with Gasteiger partial charge in [-0.05, 0) is 42.8 Å². The highest BCUT2D eigenvalue weighted by Gasteiger charge is 2.30. The molecule has 0 aromatic heterocycles. The molecule has 0 fully saturated rings. The summed E-state index contributed by atoms with van der Waals surface area (Å²) < 4.78 is 49.1. The Hall–Kier alpha value is -2.90. The molecule has 0 bridgehead atoms. The van der Waals surface area contributed by atoms with E-state index in [9.17, 15) is 18.0 Å². The van der Waals surface area contributed by atoms with Gasteiger partial charge in [-0.1, -0.05) is 12.1 Å². The van der Waals surface area contributed by atoms with Gasteiger partial charge in [-0.15, -0.1) is 0 Å². The van der Waals surface area contributed by atoms with Crippen LogP contribution in [0.15, 0.2) is 42.5 Å².